The van der Waals surface area contributed by atoms with Crippen LogP contribution in [0.4, 0.5) is 0 Å². The van der Waals surface area contributed by atoms with Crippen LogP contribution in [0.15, 0.2) is 12.1 Å². The topological polar surface area (TPSA) is 25.8 Å². The van der Waals surface area contributed by atoms with E-state index in [9.17, 15) is 0 Å². The summed E-state index contributed by atoms with van der Waals surface area (Å²) in [6.07, 6.45) is 24.2. The molecule has 0 aliphatic carbocycles. The first kappa shape index (κ1) is 43.2. The summed E-state index contributed by atoms with van der Waals surface area (Å²) in [5.74, 6) is 1.59. The number of hydrogen-bond donors (Lipinski definition) is 0. The van der Waals surface area contributed by atoms with Crippen molar-refractivity contribution in [1.29, 1.82) is 0 Å². The standard InChI is InChI=1S/C36H52N2S4.6CH3.2Sn/c1-5-9-13-15-19-27(17-11-7-3)25-29-21-23-39-31(29)33-37-35-36(41-33)38-34(42-35)32-30(22-24-40-32)26-28(18-12-8-4)20-16-14-10-6-2;;;;;;;;/h21-22,27-28H,5-20,25-26H2,1-4H3;6*1H3;;. The van der Waals surface area contributed by atoms with E-state index in [4.69, 9.17) is 9.97 Å². The van der Waals surface area contributed by atoms with E-state index in [0.29, 0.717) is 0 Å². The van der Waals surface area contributed by atoms with Gasteiger partial charge in [0.25, 0.3) is 0 Å². The molecule has 0 bridgehead atoms. The second-order valence-corrected chi connectivity index (χ2v) is 52.1. The van der Waals surface area contributed by atoms with Gasteiger partial charge in [-0.25, -0.2) is 0 Å². The SMILES string of the molecule is CCCCCCC(CCCC)Cc1c[c]([Sn]([CH3])([CH3])[CH3])sc1-c1nc2sc(-c3s[c]([Sn]([CH3])([CH3])[CH3])cc3CC(CCCC)CCCCCC)nc2s1. The van der Waals surface area contributed by atoms with Crippen molar-refractivity contribution in [1.82, 2.24) is 9.97 Å². The summed E-state index contributed by atoms with van der Waals surface area (Å²) in [4.78, 5) is 31.6. The normalized spacial score (nSPS) is 13.9. The van der Waals surface area contributed by atoms with Crippen LogP contribution in [-0.2, 0) is 12.8 Å². The number of nitrogens with zero attached hydrogens (tertiary/aromatic N) is 2. The molecule has 4 heterocycles. The third kappa shape index (κ3) is 12.8. The van der Waals surface area contributed by atoms with Crippen LogP contribution >= 0.6 is 45.3 Å². The number of rotatable bonds is 24. The Balaban J connectivity index is 1.65. The van der Waals surface area contributed by atoms with Crippen LogP contribution in [0.1, 0.15) is 142 Å². The average molecular weight is 969 g/mol. The summed E-state index contributed by atoms with van der Waals surface area (Å²) in [5.41, 5.74) is 3.18. The van der Waals surface area contributed by atoms with E-state index >= 15 is 0 Å². The van der Waals surface area contributed by atoms with Gasteiger partial charge in [-0.1, -0.05) is 0 Å². The Labute approximate surface area is 331 Å². The predicted molar refractivity (Wildman–Crippen MR) is 239 cm³/mol. The molecule has 8 heteroatoms. The summed E-state index contributed by atoms with van der Waals surface area (Å²) >= 11 is 3.45. The van der Waals surface area contributed by atoms with Crippen molar-refractivity contribution in [2.24, 2.45) is 11.8 Å². The molecule has 0 aliphatic heterocycles. The van der Waals surface area contributed by atoms with Crippen molar-refractivity contribution in [3.8, 4) is 19.8 Å². The van der Waals surface area contributed by atoms with Crippen LogP contribution in [0.3, 0.4) is 0 Å². The quantitative estimate of drug-likeness (QED) is 0.0517. The Hall–Kier alpha value is 0.517. The Morgan fingerprint density at radius 1 is 0.480 bits per heavy atom. The van der Waals surface area contributed by atoms with E-state index in [1.165, 1.54) is 135 Å². The predicted octanol–water partition coefficient (Wildman–Crippen LogP) is 14.9. The van der Waals surface area contributed by atoms with Crippen molar-refractivity contribution in [2.75, 3.05) is 0 Å². The molecule has 50 heavy (non-hydrogen) atoms. The number of thiazole rings is 2. The van der Waals surface area contributed by atoms with Gasteiger partial charge in [0.2, 0.25) is 0 Å². The Morgan fingerprint density at radius 3 is 1.18 bits per heavy atom. The molecule has 0 fully saturated rings. The number of thiophene rings is 2. The molecular formula is C42H70N2S4Sn2. The van der Waals surface area contributed by atoms with E-state index in [-0.39, 0.29) is 0 Å². The van der Waals surface area contributed by atoms with Gasteiger partial charge < -0.3 is 0 Å². The van der Waals surface area contributed by atoms with Gasteiger partial charge in [-0.15, -0.1) is 0 Å². The minimum atomic E-state index is -2.24. The van der Waals surface area contributed by atoms with Crippen LogP contribution in [0.25, 0.3) is 29.4 Å². The fraction of sp³-hybridized carbons (Fsp3) is 0.714. The Bertz CT molecular complexity index is 1420. The zero-order valence-electron chi connectivity index (χ0n) is 33.6. The van der Waals surface area contributed by atoms with Gasteiger partial charge in [0.15, 0.2) is 0 Å². The number of hydrogen-bond acceptors (Lipinski definition) is 6. The van der Waals surface area contributed by atoms with Crippen molar-refractivity contribution >= 4 is 97.5 Å². The summed E-state index contributed by atoms with van der Waals surface area (Å²) in [5, 5.41) is 2.47. The molecule has 0 N–H and O–H groups in total. The third-order valence-electron chi connectivity index (χ3n) is 10.3. The second kappa shape index (κ2) is 21.0. The zero-order valence-corrected chi connectivity index (χ0v) is 42.5. The molecule has 0 amide bonds. The van der Waals surface area contributed by atoms with Gasteiger partial charge in [-0.05, 0) is 0 Å². The van der Waals surface area contributed by atoms with E-state index in [2.05, 4.69) is 92.1 Å². The summed E-state index contributed by atoms with van der Waals surface area (Å²) in [6.45, 7) is 9.36. The zero-order chi connectivity index (χ0) is 36.3. The molecule has 2 atom stereocenters. The molecular weight excluding hydrogens is 898 g/mol. The van der Waals surface area contributed by atoms with Crippen molar-refractivity contribution in [2.45, 2.75) is 173 Å². The molecule has 2 nitrogen and oxygen atoms in total. The number of aromatic nitrogens is 2. The van der Waals surface area contributed by atoms with Gasteiger partial charge in [-0.3, -0.25) is 0 Å². The van der Waals surface area contributed by atoms with Crippen LogP contribution in [0, 0.1) is 11.8 Å². The van der Waals surface area contributed by atoms with Crippen molar-refractivity contribution in [3.63, 3.8) is 0 Å². The van der Waals surface area contributed by atoms with Crippen LogP contribution < -0.4 is 5.79 Å². The van der Waals surface area contributed by atoms with Gasteiger partial charge in [-0.2, -0.15) is 0 Å². The van der Waals surface area contributed by atoms with Crippen molar-refractivity contribution in [3.05, 3.63) is 23.3 Å². The molecule has 2 unspecified atom stereocenters. The molecule has 0 aromatic carbocycles. The summed E-state index contributed by atoms with van der Waals surface area (Å²) < 4.78 is 3.40. The number of fused-ring (bicyclic) bond motifs is 1. The third-order valence-corrected chi connectivity index (χ3v) is 33.9. The van der Waals surface area contributed by atoms with Crippen LogP contribution in [-0.4, -0.2) is 46.7 Å². The molecule has 0 aliphatic rings. The molecule has 0 spiro atoms. The van der Waals surface area contributed by atoms with Gasteiger partial charge in [0.1, 0.15) is 0 Å². The molecule has 4 aromatic heterocycles. The van der Waals surface area contributed by atoms with Gasteiger partial charge in [0, 0.05) is 0 Å². The van der Waals surface area contributed by atoms with E-state index in [1.54, 1.807) is 16.9 Å². The number of unbranched alkanes of at least 4 members (excludes halogenated alkanes) is 8. The summed E-state index contributed by atoms with van der Waals surface area (Å²) in [6, 6.07) is 5.29. The van der Waals surface area contributed by atoms with E-state index < -0.39 is 36.8 Å². The van der Waals surface area contributed by atoms with Gasteiger partial charge in [0.05, 0.1) is 0 Å². The molecule has 0 radical (unpaired) electrons. The fourth-order valence-corrected chi connectivity index (χ4v) is 22.3. The first-order valence-corrected chi connectivity index (χ1v) is 43.7. The fourth-order valence-electron chi connectivity index (χ4n) is 7.12. The Kier molecular flexibility index (Phi) is 18.2. The average Bonchev–Trinajstić information content (AvgIpc) is 3.84. The monoisotopic (exact) mass is 970 g/mol. The molecule has 4 rings (SSSR count). The molecule has 0 saturated carbocycles. The van der Waals surface area contributed by atoms with E-state index in [0.717, 1.165) is 21.5 Å². The maximum absolute atomic E-state index is 5.41. The van der Waals surface area contributed by atoms with E-state index in [1.807, 2.05) is 22.7 Å². The molecule has 0 saturated heterocycles. The molecule has 4 aromatic rings. The van der Waals surface area contributed by atoms with Crippen LogP contribution in [0.5, 0.6) is 0 Å². The Morgan fingerprint density at radius 2 is 0.840 bits per heavy atom. The summed E-state index contributed by atoms with van der Waals surface area (Å²) in [7, 11) is 0. The van der Waals surface area contributed by atoms with Crippen molar-refractivity contribution < 1.29 is 0 Å². The maximum atomic E-state index is 5.41. The molecule has 280 valence electrons. The first-order valence-electron chi connectivity index (χ1n) is 20.4. The minimum absolute atomic E-state index is 0.793. The van der Waals surface area contributed by atoms with Gasteiger partial charge >= 0.3 is 335 Å². The first-order chi connectivity index (χ1) is 23.9. The second-order valence-electron chi connectivity index (χ2n) is 17.2. The van der Waals surface area contributed by atoms with Crippen LogP contribution in [0.2, 0.25) is 29.6 Å².